The fourth-order valence-corrected chi connectivity index (χ4v) is 6.60. The van der Waals surface area contributed by atoms with E-state index in [1.54, 1.807) is 0 Å². The Morgan fingerprint density at radius 2 is 1.74 bits per heavy atom. The average Bonchev–Trinajstić information content (AvgIpc) is 3.50. The maximum atomic E-state index is 13.9. The maximum Gasteiger partial charge on any atom is 0.258 e. The standard InChI is InChI=1S/C34H37N3O2/c1-3-5-14-27-28(36-19-11-6-12-20-36)21-29(37-22-23-13-7-8-15-24(23)34(37)39)30-25-16-9-10-17-26(25)32(31(27)30)33(38)35-18-4-2/h3,5,7-10,13,15-17,21,32H,4,6,11-12,14,18-20,22H2,1-2H3,(H,35,38). The van der Waals surface area contributed by atoms with Gasteiger partial charge >= 0.3 is 0 Å². The third-order valence-electron chi connectivity index (χ3n) is 8.44. The summed E-state index contributed by atoms with van der Waals surface area (Å²) in [5.74, 6) is -0.316. The Hall–Kier alpha value is -3.86. The predicted octanol–water partition coefficient (Wildman–Crippen LogP) is 6.59. The molecule has 1 N–H and O–H groups in total. The molecule has 0 aromatic heterocycles. The molecule has 0 spiro atoms. The molecule has 2 amide bonds. The Morgan fingerprint density at radius 3 is 2.49 bits per heavy atom. The van der Waals surface area contributed by atoms with E-state index in [2.05, 4.69) is 54.4 Å². The van der Waals surface area contributed by atoms with Gasteiger partial charge in [-0.2, -0.15) is 0 Å². The second-order valence-corrected chi connectivity index (χ2v) is 10.9. The maximum absolute atomic E-state index is 13.9. The van der Waals surface area contributed by atoms with Gasteiger partial charge in [-0.05, 0) is 79.0 Å². The van der Waals surface area contributed by atoms with Crippen molar-refractivity contribution in [1.82, 2.24) is 5.32 Å². The number of hydrogen-bond donors (Lipinski definition) is 1. The Labute approximate surface area is 231 Å². The van der Waals surface area contributed by atoms with Crippen LogP contribution in [0.3, 0.4) is 0 Å². The fraction of sp³-hybridized carbons (Fsp3) is 0.353. The summed E-state index contributed by atoms with van der Waals surface area (Å²) in [4.78, 5) is 32.2. The third-order valence-corrected chi connectivity index (χ3v) is 8.44. The molecule has 2 aliphatic heterocycles. The fourth-order valence-electron chi connectivity index (χ4n) is 6.60. The van der Waals surface area contributed by atoms with Gasteiger partial charge in [-0.1, -0.05) is 61.5 Å². The molecule has 3 aromatic rings. The van der Waals surface area contributed by atoms with Crippen molar-refractivity contribution in [3.63, 3.8) is 0 Å². The second kappa shape index (κ2) is 10.7. The summed E-state index contributed by atoms with van der Waals surface area (Å²) in [5.41, 5.74) is 9.35. The molecule has 1 saturated heterocycles. The first-order chi connectivity index (χ1) is 19.1. The van der Waals surface area contributed by atoms with Gasteiger partial charge in [0.05, 0.1) is 18.2 Å². The van der Waals surface area contributed by atoms with E-state index in [9.17, 15) is 9.59 Å². The summed E-state index contributed by atoms with van der Waals surface area (Å²) in [7, 11) is 0. The minimum Gasteiger partial charge on any atom is -0.371 e. The third kappa shape index (κ3) is 4.34. The van der Waals surface area contributed by atoms with Crippen molar-refractivity contribution in [1.29, 1.82) is 0 Å². The number of anilines is 2. The molecule has 3 aromatic carbocycles. The van der Waals surface area contributed by atoms with Crippen molar-refractivity contribution < 1.29 is 9.59 Å². The van der Waals surface area contributed by atoms with Gasteiger partial charge in [0.1, 0.15) is 0 Å². The molecule has 0 radical (unpaired) electrons. The van der Waals surface area contributed by atoms with Gasteiger partial charge in [0.2, 0.25) is 5.91 Å². The molecule has 0 bridgehead atoms. The van der Waals surface area contributed by atoms with Crippen LogP contribution in [0.1, 0.15) is 78.1 Å². The number of piperidine rings is 1. The molecular formula is C34H37N3O2. The average molecular weight is 520 g/mol. The molecule has 5 nitrogen and oxygen atoms in total. The van der Waals surface area contributed by atoms with Gasteiger partial charge in [0.15, 0.2) is 0 Å². The van der Waals surface area contributed by atoms with Crippen LogP contribution in [-0.4, -0.2) is 31.4 Å². The van der Waals surface area contributed by atoms with Crippen LogP contribution >= 0.6 is 0 Å². The van der Waals surface area contributed by atoms with Crippen molar-refractivity contribution in [2.75, 3.05) is 29.4 Å². The van der Waals surface area contributed by atoms with Crippen LogP contribution in [0.5, 0.6) is 0 Å². The quantitative estimate of drug-likeness (QED) is 0.358. The van der Waals surface area contributed by atoms with E-state index < -0.39 is 5.92 Å². The second-order valence-electron chi connectivity index (χ2n) is 10.9. The SMILES string of the molecule is CC=CCc1c(N2CCCCC2)cc(N2Cc3ccccc3C2=O)c2c1C(C(=O)NCCC)c1ccccc1-2. The van der Waals surface area contributed by atoms with Crippen molar-refractivity contribution >= 4 is 23.2 Å². The molecule has 1 unspecified atom stereocenters. The van der Waals surface area contributed by atoms with Crippen molar-refractivity contribution in [3.8, 4) is 11.1 Å². The lowest BCUT2D eigenvalue weighted by Gasteiger charge is -2.34. The van der Waals surface area contributed by atoms with E-state index in [0.29, 0.717) is 13.1 Å². The topological polar surface area (TPSA) is 52.7 Å². The zero-order valence-electron chi connectivity index (χ0n) is 23.0. The van der Waals surface area contributed by atoms with Gasteiger partial charge in [-0.25, -0.2) is 0 Å². The lowest BCUT2D eigenvalue weighted by atomic mass is 9.87. The summed E-state index contributed by atoms with van der Waals surface area (Å²) in [6.07, 6.45) is 9.49. The first kappa shape index (κ1) is 25.4. The molecule has 1 atom stereocenters. The molecule has 1 fully saturated rings. The molecule has 0 saturated carbocycles. The Balaban J connectivity index is 1.62. The molecule has 200 valence electrons. The molecule has 39 heavy (non-hydrogen) atoms. The van der Waals surface area contributed by atoms with Gasteiger partial charge in [0, 0.05) is 36.4 Å². The molecule has 5 heteroatoms. The number of benzene rings is 3. The molecule has 2 heterocycles. The van der Waals surface area contributed by atoms with E-state index in [1.165, 1.54) is 17.7 Å². The lowest BCUT2D eigenvalue weighted by Crippen LogP contribution is -2.33. The summed E-state index contributed by atoms with van der Waals surface area (Å²) in [5, 5.41) is 3.20. The summed E-state index contributed by atoms with van der Waals surface area (Å²) >= 11 is 0. The monoisotopic (exact) mass is 519 g/mol. The highest BCUT2D eigenvalue weighted by Crippen LogP contribution is 2.54. The van der Waals surface area contributed by atoms with Gasteiger partial charge in [-0.15, -0.1) is 0 Å². The van der Waals surface area contributed by atoms with E-state index in [4.69, 9.17) is 0 Å². The number of carbonyl (C=O) groups excluding carboxylic acids is 2. The highest BCUT2D eigenvalue weighted by atomic mass is 16.2. The molecule has 1 aliphatic carbocycles. The number of nitrogens with one attached hydrogen (secondary N) is 1. The van der Waals surface area contributed by atoms with E-state index in [1.807, 2.05) is 41.3 Å². The van der Waals surface area contributed by atoms with Gasteiger partial charge in [-0.3, -0.25) is 9.59 Å². The lowest BCUT2D eigenvalue weighted by molar-refractivity contribution is -0.121. The van der Waals surface area contributed by atoms with E-state index >= 15 is 0 Å². The Bertz CT molecular complexity index is 1450. The van der Waals surface area contributed by atoms with Crippen LogP contribution in [0, 0.1) is 0 Å². The first-order valence-corrected chi connectivity index (χ1v) is 14.5. The highest BCUT2D eigenvalue weighted by Gasteiger charge is 2.41. The predicted molar refractivity (Wildman–Crippen MR) is 159 cm³/mol. The highest BCUT2D eigenvalue weighted by molar-refractivity contribution is 6.14. The molecule has 6 rings (SSSR count). The minimum atomic E-state index is -0.397. The van der Waals surface area contributed by atoms with Crippen LogP contribution in [0.4, 0.5) is 11.4 Å². The van der Waals surface area contributed by atoms with Crippen LogP contribution in [0.15, 0.2) is 66.7 Å². The number of allylic oxidation sites excluding steroid dienone is 2. The van der Waals surface area contributed by atoms with Gasteiger partial charge in [0.25, 0.3) is 5.91 Å². The Morgan fingerprint density at radius 1 is 1.00 bits per heavy atom. The zero-order chi connectivity index (χ0) is 26.9. The van der Waals surface area contributed by atoms with Crippen molar-refractivity contribution in [2.45, 2.75) is 58.4 Å². The summed E-state index contributed by atoms with van der Waals surface area (Å²) < 4.78 is 0. The number of hydrogen-bond acceptors (Lipinski definition) is 3. The summed E-state index contributed by atoms with van der Waals surface area (Å²) in [6, 6.07) is 18.5. The van der Waals surface area contributed by atoms with Crippen LogP contribution < -0.4 is 15.1 Å². The number of fused-ring (bicyclic) bond motifs is 4. The zero-order valence-corrected chi connectivity index (χ0v) is 23.0. The van der Waals surface area contributed by atoms with E-state index in [0.717, 1.165) is 77.8 Å². The first-order valence-electron chi connectivity index (χ1n) is 14.5. The number of nitrogens with zero attached hydrogens (tertiary/aromatic N) is 2. The van der Waals surface area contributed by atoms with Crippen LogP contribution in [-0.2, 0) is 17.8 Å². The van der Waals surface area contributed by atoms with Crippen LogP contribution in [0.2, 0.25) is 0 Å². The summed E-state index contributed by atoms with van der Waals surface area (Å²) in [6.45, 7) is 7.32. The largest absolute Gasteiger partial charge is 0.371 e. The Kier molecular flexibility index (Phi) is 6.99. The van der Waals surface area contributed by atoms with Crippen molar-refractivity contribution in [3.05, 3.63) is 94.6 Å². The number of amides is 2. The molecular weight excluding hydrogens is 482 g/mol. The number of carbonyl (C=O) groups is 2. The van der Waals surface area contributed by atoms with Gasteiger partial charge < -0.3 is 15.1 Å². The van der Waals surface area contributed by atoms with E-state index in [-0.39, 0.29) is 11.8 Å². The normalized spacial score (nSPS) is 17.9. The number of rotatable bonds is 7. The van der Waals surface area contributed by atoms with Crippen molar-refractivity contribution in [2.24, 2.45) is 0 Å². The van der Waals surface area contributed by atoms with Crippen LogP contribution in [0.25, 0.3) is 11.1 Å². The minimum absolute atomic E-state index is 0.0370. The smallest absolute Gasteiger partial charge is 0.258 e. The molecule has 3 aliphatic rings.